The van der Waals surface area contributed by atoms with Crippen molar-refractivity contribution in [3.63, 3.8) is 0 Å². The lowest BCUT2D eigenvalue weighted by molar-refractivity contribution is 0.0530. The number of hydrogen-bond acceptors (Lipinski definition) is 5. The van der Waals surface area contributed by atoms with Crippen LogP contribution in [0, 0.1) is 5.82 Å². The Balaban J connectivity index is 1.60. The molecule has 0 N–H and O–H groups in total. The van der Waals surface area contributed by atoms with Crippen molar-refractivity contribution in [2.45, 2.75) is 31.3 Å². The van der Waals surface area contributed by atoms with Crippen LogP contribution in [0.15, 0.2) is 59.0 Å². The quantitative estimate of drug-likeness (QED) is 0.666. The lowest BCUT2D eigenvalue weighted by Gasteiger charge is -2.34. The summed E-state index contributed by atoms with van der Waals surface area (Å²) in [6, 6.07) is 16.1. The largest absolute Gasteiger partial charge is 0.481 e. The van der Waals surface area contributed by atoms with E-state index in [-0.39, 0.29) is 11.2 Å². The fourth-order valence-electron chi connectivity index (χ4n) is 3.46. The average Bonchev–Trinajstić information content (AvgIpc) is 3.22. The van der Waals surface area contributed by atoms with Crippen molar-refractivity contribution >= 4 is 0 Å². The summed E-state index contributed by atoms with van der Waals surface area (Å²) in [6.07, 6.45) is 1.13. The van der Waals surface area contributed by atoms with E-state index < -0.39 is 6.10 Å². The highest BCUT2D eigenvalue weighted by Crippen LogP contribution is 2.41. The Morgan fingerprint density at radius 1 is 1.00 bits per heavy atom. The molecule has 2 aromatic carbocycles. The van der Waals surface area contributed by atoms with Crippen LogP contribution in [0.1, 0.15) is 43.2 Å². The number of halogens is 1. The first-order valence-corrected chi connectivity index (χ1v) is 9.07. The zero-order valence-corrected chi connectivity index (χ0v) is 15.1. The van der Waals surface area contributed by atoms with Gasteiger partial charge in [0.25, 0.3) is 5.89 Å². The van der Waals surface area contributed by atoms with E-state index in [1.807, 2.05) is 25.1 Å². The average molecular weight is 368 g/mol. The van der Waals surface area contributed by atoms with Crippen LogP contribution in [-0.4, -0.2) is 23.4 Å². The van der Waals surface area contributed by atoms with Crippen LogP contribution in [0.5, 0.6) is 5.75 Å². The monoisotopic (exact) mass is 368 g/mol. The lowest BCUT2D eigenvalue weighted by Crippen LogP contribution is -2.35. The van der Waals surface area contributed by atoms with Gasteiger partial charge in [-0.3, -0.25) is 0 Å². The van der Waals surface area contributed by atoms with Crippen LogP contribution >= 0.6 is 0 Å². The maximum atomic E-state index is 13.1. The highest BCUT2D eigenvalue weighted by atomic mass is 19.1. The van der Waals surface area contributed by atoms with Gasteiger partial charge in [-0.15, -0.1) is 10.2 Å². The van der Waals surface area contributed by atoms with Crippen molar-refractivity contribution in [3.05, 3.63) is 77.8 Å². The number of ether oxygens (including phenoxy) is 2. The van der Waals surface area contributed by atoms with Crippen LogP contribution < -0.4 is 4.74 Å². The second kappa shape index (κ2) is 7.48. The maximum Gasteiger partial charge on any atom is 0.256 e. The molecule has 1 saturated heterocycles. The molecule has 1 aromatic heterocycles. The Morgan fingerprint density at radius 3 is 2.41 bits per heavy atom. The Labute approximate surface area is 157 Å². The normalized spacial score (nSPS) is 17.4. The summed E-state index contributed by atoms with van der Waals surface area (Å²) in [5.74, 6) is 1.23. The Morgan fingerprint density at radius 2 is 1.70 bits per heavy atom. The van der Waals surface area contributed by atoms with Crippen LogP contribution in [0.2, 0.25) is 0 Å². The summed E-state index contributed by atoms with van der Waals surface area (Å²) in [5.41, 5.74) is 0.802. The third-order valence-electron chi connectivity index (χ3n) is 5.00. The zero-order chi connectivity index (χ0) is 18.7. The number of rotatable bonds is 5. The van der Waals surface area contributed by atoms with Crippen LogP contribution in [-0.2, 0) is 10.2 Å². The summed E-state index contributed by atoms with van der Waals surface area (Å²) in [4.78, 5) is 0. The molecule has 0 bridgehead atoms. The molecule has 0 aliphatic carbocycles. The first-order chi connectivity index (χ1) is 13.2. The van der Waals surface area contributed by atoms with E-state index in [1.165, 1.54) is 12.1 Å². The van der Waals surface area contributed by atoms with Crippen molar-refractivity contribution in [2.75, 3.05) is 13.2 Å². The fourth-order valence-corrected chi connectivity index (χ4v) is 3.46. The van der Waals surface area contributed by atoms with E-state index in [0.29, 0.717) is 30.7 Å². The van der Waals surface area contributed by atoms with Gasteiger partial charge in [-0.1, -0.05) is 30.3 Å². The molecule has 1 aliphatic rings. The summed E-state index contributed by atoms with van der Waals surface area (Å²) in [7, 11) is 0. The number of benzene rings is 2. The van der Waals surface area contributed by atoms with E-state index in [0.717, 1.165) is 18.4 Å². The molecule has 0 unspecified atom stereocenters. The molecule has 6 heteroatoms. The molecule has 2 heterocycles. The Bertz CT molecular complexity index is 874. The highest BCUT2D eigenvalue weighted by Gasteiger charge is 2.41. The van der Waals surface area contributed by atoms with Crippen molar-refractivity contribution in [1.29, 1.82) is 0 Å². The van der Waals surface area contributed by atoms with Gasteiger partial charge >= 0.3 is 0 Å². The molecule has 1 fully saturated rings. The Kier molecular flexibility index (Phi) is 4.90. The minimum Gasteiger partial charge on any atom is -0.481 e. The van der Waals surface area contributed by atoms with Crippen molar-refractivity contribution < 1.29 is 18.3 Å². The van der Waals surface area contributed by atoms with Crippen LogP contribution in [0.25, 0.3) is 0 Å². The summed E-state index contributed by atoms with van der Waals surface area (Å²) >= 11 is 0. The molecule has 4 rings (SSSR count). The van der Waals surface area contributed by atoms with Gasteiger partial charge in [0.2, 0.25) is 5.89 Å². The second-order valence-electron chi connectivity index (χ2n) is 6.72. The standard InChI is InChI=1S/C21H21FN2O3/c1-15(26-18-9-7-17(22)8-10-18)19-23-24-20(27-19)21(11-13-25-14-12-21)16-5-3-2-4-6-16/h2-10,15H,11-14H2,1H3/t15-/m0/s1. The van der Waals surface area contributed by atoms with Crippen molar-refractivity contribution in [2.24, 2.45) is 0 Å². The van der Waals surface area contributed by atoms with Crippen LogP contribution in [0.4, 0.5) is 4.39 Å². The predicted octanol–water partition coefficient (Wildman–Crippen LogP) is 4.45. The molecular formula is C21H21FN2O3. The van der Waals surface area contributed by atoms with Gasteiger partial charge in [-0.25, -0.2) is 4.39 Å². The third kappa shape index (κ3) is 3.57. The molecular weight excluding hydrogens is 347 g/mol. The summed E-state index contributed by atoms with van der Waals surface area (Å²) < 4.78 is 30.5. The highest BCUT2D eigenvalue weighted by molar-refractivity contribution is 5.32. The van der Waals surface area contributed by atoms with E-state index in [4.69, 9.17) is 13.9 Å². The van der Waals surface area contributed by atoms with E-state index >= 15 is 0 Å². The zero-order valence-electron chi connectivity index (χ0n) is 15.1. The molecule has 140 valence electrons. The molecule has 0 spiro atoms. The second-order valence-corrected chi connectivity index (χ2v) is 6.72. The maximum absolute atomic E-state index is 13.1. The van der Waals surface area contributed by atoms with Crippen molar-refractivity contribution in [1.82, 2.24) is 10.2 Å². The molecule has 3 aromatic rings. The minimum atomic E-state index is -0.440. The Hall–Kier alpha value is -2.73. The number of nitrogens with zero attached hydrogens (tertiary/aromatic N) is 2. The molecule has 0 radical (unpaired) electrons. The summed E-state index contributed by atoms with van der Waals surface area (Å²) in [5, 5.41) is 8.57. The predicted molar refractivity (Wildman–Crippen MR) is 97.0 cm³/mol. The van der Waals surface area contributed by atoms with Gasteiger partial charge in [0.05, 0.1) is 5.41 Å². The van der Waals surface area contributed by atoms with E-state index in [1.54, 1.807) is 12.1 Å². The molecule has 0 amide bonds. The van der Waals surface area contributed by atoms with Gasteiger partial charge in [0.1, 0.15) is 11.6 Å². The van der Waals surface area contributed by atoms with E-state index in [2.05, 4.69) is 22.3 Å². The van der Waals surface area contributed by atoms with Crippen molar-refractivity contribution in [3.8, 4) is 5.75 Å². The minimum absolute atomic E-state index is 0.306. The van der Waals surface area contributed by atoms with Gasteiger partial charge in [-0.2, -0.15) is 0 Å². The smallest absolute Gasteiger partial charge is 0.256 e. The lowest BCUT2D eigenvalue weighted by atomic mass is 9.74. The number of hydrogen-bond donors (Lipinski definition) is 0. The first-order valence-electron chi connectivity index (χ1n) is 9.07. The first kappa shape index (κ1) is 17.7. The van der Waals surface area contributed by atoms with Crippen LogP contribution in [0.3, 0.4) is 0 Å². The van der Waals surface area contributed by atoms with Gasteiger partial charge in [0.15, 0.2) is 6.10 Å². The van der Waals surface area contributed by atoms with Gasteiger partial charge in [-0.05, 0) is 49.6 Å². The number of aromatic nitrogens is 2. The van der Waals surface area contributed by atoms with Gasteiger partial charge < -0.3 is 13.9 Å². The topological polar surface area (TPSA) is 57.4 Å². The molecule has 0 saturated carbocycles. The third-order valence-corrected chi connectivity index (χ3v) is 5.00. The summed E-state index contributed by atoms with van der Waals surface area (Å²) in [6.45, 7) is 3.13. The molecule has 27 heavy (non-hydrogen) atoms. The molecule has 1 atom stereocenters. The fraction of sp³-hybridized carbons (Fsp3) is 0.333. The molecule has 1 aliphatic heterocycles. The van der Waals surface area contributed by atoms with E-state index in [9.17, 15) is 4.39 Å². The van der Waals surface area contributed by atoms with Gasteiger partial charge in [0, 0.05) is 13.2 Å². The SMILES string of the molecule is C[C@H](Oc1ccc(F)cc1)c1nnc(C2(c3ccccc3)CCOCC2)o1. The molecule has 5 nitrogen and oxygen atoms in total.